The van der Waals surface area contributed by atoms with Gasteiger partial charge in [0.15, 0.2) is 11.0 Å². The van der Waals surface area contributed by atoms with Gasteiger partial charge in [0.25, 0.3) is 0 Å². The molecule has 1 N–H and O–H groups in total. The standard InChI is InChI=1S/C18H18ClN5O2S/c1-3-24-17(16-14(19)9-13(26-2)10-20-16)22-23-18(24)27-11-15(25)21-12-7-5-4-6-8-12/h4-10H,3,11H2,1-2H3,(H,21,25). The van der Waals surface area contributed by atoms with Crippen LogP contribution in [0.2, 0.25) is 5.02 Å². The van der Waals surface area contributed by atoms with Gasteiger partial charge in [-0.3, -0.25) is 4.79 Å². The predicted molar refractivity (Wildman–Crippen MR) is 106 cm³/mol. The van der Waals surface area contributed by atoms with Gasteiger partial charge >= 0.3 is 0 Å². The molecule has 0 atom stereocenters. The molecule has 0 bridgehead atoms. The van der Waals surface area contributed by atoms with E-state index in [0.29, 0.717) is 34.0 Å². The molecule has 0 saturated carbocycles. The van der Waals surface area contributed by atoms with Crippen LogP contribution in [-0.2, 0) is 11.3 Å². The number of thioether (sulfide) groups is 1. The summed E-state index contributed by atoms with van der Waals surface area (Å²) in [5.74, 6) is 1.23. The van der Waals surface area contributed by atoms with Gasteiger partial charge in [0.05, 0.1) is 24.1 Å². The van der Waals surface area contributed by atoms with Crippen molar-refractivity contribution in [2.75, 3.05) is 18.2 Å². The van der Waals surface area contributed by atoms with Crippen LogP contribution in [0.1, 0.15) is 6.92 Å². The van der Waals surface area contributed by atoms with Gasteiger partial charge in [-0.2, -0.15) is 0 Å². The van der Waals surface area contributed by atoms with E-state index in [1.807, 2.05) is 41.8 Å². The molecule has 0 aliphatic heterocycles. The fourth-order valence-electron chi connectivity index (χ4n) is 2.40. The molecular formula is C18H18ClN5O2S. The first-order valence-electron chi connectivity index (χ1n) is 8.23. The van der Waals surface area contributed by atoms with Crippen LogP contribution < -0.4 is 10.1 Å². The van der Waals surface area contributed by atoms with Gasteiger partial charge in [0, 0.05) is 18.3 Å². The molecule has 0 radical (unpaired) electrons. The number of halogens is 1. The average molecular weight is 404 g/mol. The van der Waals surface area contributed by atoms with E-state index in [9.17, 15) is 4.79 Å². The number of ether oxygens (including phenoxy) is 1. The van der Waals surface area contributed by atoms with Gasteiger partial charge in [0.1, 0.15) is 11.4 Å². The molecule has 2 aromatic heterocycles. The highest BCUT2D eigenvalue weighted by Crippen LogP contribution is 2.30. The van der Waals surface area contributed by atoms with Crippen LogP contribution >= 0.6 is 23.4 Å². The first-order valence-corrected chi connectivity index (χ1v) is 9.59. The van der Waals surface area contributed by atoms with Crippen molar-refractivity contribution in [3.63, 3.8) is 0 Å². The van der Waals surface area contributed by atoms with E-state index < -0.39 is 0 Å². The highest BCUT2D eigenvalue weighted by molar-refractivity contribution is 7.99. The van der Waals surface area contributed by atoms with E-state index in [1.54, 1.807) is 19.4 Å². The highest BCUT2D eigenvalue weighted by Gasteiger charge is 2.18. The Bertz CT molecular complexity index is 933. The largest absolute Gasteiger partial charge is 0.495 e. The van der Waals surface area contributed by atoms with Crippen molar-refractivity contribution < 1.29 is 9.53 Å². The molecule has 0 spiro atoms. The van der Waals surface area contributed by atoms with Crippen LogP contribution in [0.4, 0.5) is 5.69 Å². The Labute approximate surface area is 166 Å². The quantitative estimate of drug-likeness (QED) is 0.605. The van der Waals surface area contributed by atoms with Crippen LogP contribution in [0.25, 0.3) is 11.5 Å². The molecule has 0 fully saturated rings. The number of hydrogen-bond donors (Lipinski definition) is 1. The third kappa shape index (κ3) is 4.58. The summed E-state index contributed by atoms with van der Waals surface area (Å²) >= 11 is 7.61. The van der Waals surface area contributed by atoms with Crippen LogP contribution in [0.15, 0.2) is 47.8 Å². The minimum absolute atomic E-state index is 0.112. The summed E-state index contributed by atoms with van der Waals surface area (Å²) in [6.45, 7) is 2.59. The van der Waals surface area contributed by atoms with Crippen LogP contribution in [-0.4, -0.2) is 38.5 Å². The third-order valence-electron chi connectivity index (χ3n) is 3.69. The van der Waals surface area contributed by atoms with Crippen molar-refractivity contribution in [1.29, 1.82) is 0 Å². The molecule has 27 heavy (non-hydrogen) atoms. The number of carbonyl (C=O) groups excluding carboxylic acids is 1. The molecule has 1 aromatic carbocycles. The number of para-hydroxylation sites is 1. The first kappa shape index (κ1) is 19.2. The Morgan fingerprint density at radius 2 is 2.07 bits per heavy atom. The molecule has 2 heterocycles. The molecule has 7 nitrogen and oxygen atoms in total. The van der Waals surface area contributed by atoms with E-state index in [2.05, 4.69) is 20.5 Å². The lowest BCUT2D eigenvalue weighted by atomic mass is 10.3. The lowest BCUT2D eigenvalue weighted by Gasteiger charge is -2.09. The topological polar surface area (TPSA) is 81.9 Å². The molecule has 0 saturated heterocycles. The zero-order valence-corrected chi connectivity index (χ0v) is 16.4. The summed E-state index contributed by atoms with van der Waals surface area (Å²) in [4.78, 5) is 16.5. The maximum absolute atomic E-state index is 12.2. The van der Waals surface area contributed by atoms with Crippen molar-refractivity contribution in [2.24, 2.45) is 0 Å². The number of amides is 1. The zero-order valence-electron chi connectivity index (χ0n) is 14.8. The molecule has 1 amide bonds. The summed E-state index contributed by atoms with van der Waals surface area (Å²) in [7, 11) is 1.55. The second-order valence-electron chi connectivity index (χ2n) is 5.46. The molecular weight excluding hydrogens is 386 g/mol. The SMILES string of the molecule is CCn1c(SCC(=O)Nc2ccccc2)nnc1-c1ncc(OC)cc1Cl. The van der Waals surface area contributed by atoms with Gasteiger partial charge < -0.3 is 14.6 Å². The van der Waals surface area contributed by atoms with Crippen molar-refractivity contribution in [3.8, 4) is 17.3 Å². The molecule has 3 rings (SSSR count). The second-order valence-corrected chi connectivity index (χ2v) is 6.81. The zero-order chi connectivity index (χ0) is 19.2. The summed E-state index contributed by atoms with van der Waals surface area (Å²) in [5.41, 5.74) is 1.28. The monoisotopic (exact) mass is 403 g/mol. The normalized spacial score (nSPS) is 10.6. The average Bonchev–Trinajstić information content (AvgIpc) is 3.09. The van der Waals surface area contributed by atoms with E-state index in [0.717, 1.165) is 5.69 Å². The number of methoxy groups -OCH3 is 1. The van der Waals surface area contributed by atoms with E-state index >= 15 is 0 Å². The number of carbonyl (C=O) groups is 1. The van der Waals surface area contributed by atoms with Crippen molar-refractivity contribution >= 4 is 35.0 Å². The summed E-state index contributed by atoms with van der Waals surface area (Å²) in [5, 5.41) is 12.3. The van der Waals surface area contributed by atoms with Crippen molar-refractivity contribution in [3.05, 3.63) is 47.6 Å². The molecule has 0 aliphatic carbocycles. The molecule has 0 aliphatic rings. The van der Waals surface area contributed by atoms with Gasteiger partial charge in [-0.25, -0.2) is 4.98 Å². The lowest BCUT2D eigenvalue weighted by molar-refractivity contribution is -0.113. The van der Waals surface area contributed by atoms with E-state index in [-0.39, 0.29) is 11.7 Å². The number of aromatic nitrogens is 4. The fraction of sp³-hybridized carbons (Fsp3) is 0.222. The number of nitrogens with one attached hydrogen (secondary N) is 1. The number of nitrogens with zero attached hydrogens (tertiary/aromatic N) is 4. The van der Waals surface area contributed by atoms with Crippen LogP contribution in [0.5, 0.6) is 5.75 Å². The first-order chi connectivity index (χ1) is 13.1. The van der Waals surface area contributed by atoms with Gasteiger partial charge in [0.2, 0.25) is 5.91 Å². The lowest BCUT2D eigenvalue weighted by Crippen LogP contribution is -2.14. The maximum Gasteiger partial charge on any atom is 0.234 e. The smallest absolute Gasteiger partial charge is 0.234 e. The Morgan fingerprint density at radius 1 is 1.30 bits per heavy atom. The van der Waals surface area contributed by atoms with Crippen LogP contribution in [0, 0.1) is 0 Å². The fourth-order valence-corrected chi connectivity index (χ4v) is 3.44. The van der Waals surface area contributed by atoms with E-state index in [1.165, 1.54) is 11.8 Å². The number of hydrogen-bond acceptors (Lipinski definition) is 6. The summed E-state index contributed by atoms with van der Waals surface area (Å²) in [6.07, 6.45) is 1.58. The Kier molecular flexibility index (Phi) is 6.31. The van der Waals surface area contributed by atoms with Crippen molar-refractivity contribution in [1.82, 2.24) is 19.7 Å². The Hall–Kier alpha value is -2.58. The molecule has 3 aromatic rings. The Balaban J connectivity index is 1.73. The third-order valence-corrected chi connectivity index (χ3v) is 4.94. The van der Waals surface area contributed by atoms with Crippen molar-refractivity contribution in [2.45, 2.75) is 18.6 Å². The highest BCUT2D eigenvalue weighted by atomic mass is 35.5. The molecule has 140 valence electrons. The number of anilines is 1. The Morgan fingerprint density at radius 3 is 2.74 bits per heavy atom. The molecule has 9 heteroatoms. The number of pyridine rings is 1. The minimum Gasteiger partial charge on any atom is -0.495 e. The predicted octanol–water partition coefficient (Wildman–Crippen LogP) is 3.75. The number of rotatable bonds is 7. The van der Waals surface area contributed by atoms with Gasteiger partial charge in [-0.15, -0.1) is 10.2 Å². The number of benzene rings is 1. The minimum atomic E-state index is -0.112. The van der Waals surface area contributed by atoms with Crippen LogP contribution in [0.3, 0.4) is 0 Å². The van der Waals surface area contributed by atoms with E-state index in [4.69, 9.17) is 16.3 Å². The van der Waals surface area contributed by atoms with Gasteiger partial charge in [-0.1, -0.05) is 41.6 Å². The van der Waals surface area contributed by atoms with Gasteiger partial charge in [-0.05, 0) is 19.1 Å². The summed E-state index contributed by atoms with van der Waals surface area (Å²) < 4.78 is 7.00. The maximum atomic E-state index is 12.2. The molecule has 0 unspecified atom stereocenters. The summed E-state index contributed by atoms with van der Waals surface area (Å²) in [6, 6.07) is 11.0. The second kappa shape index (κ2) is 8.88.